The first-order chi connectivity index (χ1) is 9.20. The first-order valence-corrected chi connectivity index (χ1v) is 7.38. The normalized spacial score (nSPS) is 20.3. The lowest BCUT2D eigenvalue weighted by Crippen LogP contribution is -2.40. The van der Waals surface area contributed by atoms with Crippen LogP contribution in [0.5, 0.6) is 5.75 Å². The van der Waals surface area contributed by atoms with E-state index in [1.54, 1.807) is 0 Å². The fourth-order valence-corrected chi connectivity index (χ4v) is 2.68. The Morgan fingerprint density at radius 3 is 2.95 bits per heavy atom. The van der Waals surface area contributed by atoms with Gasteiger partial charge in [-0.3, -0.25) is 0 Å². The third-order valence-electron chi connectivity index (χ3n) is 3.89. The van der Waals surface area contributed by atoms with Gasteiger partial charge in [-0.2, -0.15) is 0 Å². The third kappa shape index (κ3) is 3.87. The van der Waals surface area contributed by atoms with Crippen molar-refractivity contribution in [2.75, 3.05) is 32.1 Å². The summed E-state index contributed by atoms with van der Waals surface area (Å²) in [6.07, 6.45) is 3.98. The molecule has 1 saturated heterocycles. The van der Waals surface area contributed by atoms with E-state index in [0.29, 0.717) is 12.6 Å². The van der Waals surface area contributed by atoms with Crippen molar-refractivity contribution < 1.29 is 4.74 Å². The van der Waals surface area contributed by atoms with Gasteiger partial charge in [0.2, 0.25) is 0 Å². The summed E-state index contributed by atoms with van der Waals surface area (Å²) in [6, 6.07) is 7.01. The van der Waals surface area contributed by atoms with E-state index in [1.807, 2.05) is 6.92 Å². The van der Waals surface area contributed by atoms with E-state index in [4.69, 9.17) is 4.74 Å². The monoisotopic (exact) mass is 262 g/mol. The average Bonchev–Trinajstić information content (AvgIpc) is 2.40. The van der Waals surface area contributed by atoms with E-state index >= 15 is 0 Å². The summed E-state index contributed by atoms with van der Waals surface area (Å²) >= 11 is 0. The predicted molar refractivity (Wildman–Crippen MR) is 81.1 cm³/mol. The molecule has 106 valence electrons. The van der Waals surface area contributed by atoms with Gasteiger partial charge in [-0.05, 0) is 58.0 Å². The van der Waals surface area contributed by atoms with Crippen LogP contribution < -0.4 is 10.1 Å². The maximum absolute atomic E-state index is 5.71. The lowest BCUT2D eigenvalue weighted by molar-refractivity contribution is 0.194. The Hall–Kier alpha value is -1.22. The van der Waals surface area contributed by atoms with Crippen molar-refractivity contribution >= 4 is 5.69 Å². The van der Waals surface area contributed by atoms with E-state index in [-0.39, 0.29) is 0 Å². The average molecular weight is 262 g/mol. The van der Waals surface area contributed by atoms with Gasteiger partial charge in [0.1, 0.15) is 5.75 Å². The summed E-state index contributed by atoms with van der Waals surface area (Å²) < 4.78 is 5.71. The molecular weight excluding hydrogens is 236 g/mol. The lowest BCUT2D eigenvalue weighted by Gasteiger charge is -2.32. The van der Waals surface area contributed by atoms with Gasteiger partial charge in [0.25, 0.3) is 0 Å². The molecule has 19 heavy (non-hydrogen) atoms. The molecular formula is C16H26N2O. The summed E-state index contributed by atoms with van der Waals surface area (Å²) in [4.78, 5) is 2.46. The van der Waals surface area contributed by atoms with Gasteiger partial charge in [-0.25, -0.2) is 0 Å². The van der Waals surface area contributed by atoms with Gasteiger partial charge < -0.3 is 15.0 Å². The van der Waals surface area contributed by atoms with Crippen molar-refractivity contribution in [1.29, 1.82) is 0 Å². The number of piperidine rings is 1. The second-order valence-electron chi connectivity index (χ2n) is 5.44. The standard InChI is InChI=1S/C16H26N2O/c1-4-19-16-11-13(2)8-9-15(16)17-12-14-7-5-6-10-18(14)3/h8-9,11,14,17H,4-7,10,12H2,1-3H3. The van der Waals surface area contributed by atoms with Crippen LogP contribution in [0, 0.1) is 6.92 Å². The SMILES string of the molecule is CCOc1cc(C)ccc1NCC1CCCCN1C. The molecule has 2 rings (SSSR count). The Morgan fingerprint density at radius 2 is 2.21 bits per heavy atom. The third-order valence-corrected chi connectivity index (χ3v) is 3.89. The maximum atomic E-state index is 5.71. The number of rotatable bonds is 5. The molecule has 0 spiro atoms. The van der Waals surface area contributed by atoms with E-state index in [0.717, 1.165) is 18.0 Å². The van der Waals surface area contributed by atoms with Crippen LogP contribution in [0.2, 0.25) is 0 Å². The number of hydrogen-bond donors (Lipinski definition) is 1. The second kappa shape index (κ2) is 6.80. The van der Waals surface area contributed by atoms with Gasteiger partial charge >= 0.3 is 0 Å². The van der Waals surface area contributed by atoms with E-state index in [9.17, 15) is 0 Å². The van der Waals surface area contributed by atoms with Gasteiger partial charge in [0.15, 0.2) is 0 Å². The zero-order valence-electron chi connectivity index (χ0n) is 12.4. The van der Waals surface area contributed by atoms with Gasteiger partial charge in [-0.15, -0.1) is 0 Å². The number of anilines is 1. The van der Waals surface area contributed by atoms with Crippen molar-refractivity contribution in [3.05, 3.63) is 23.8 Å². The van der Waals surface area contributed by atoms with Crippen molar-refractivity contribution in [3.8, 4) is 5.75 Å². The van der Waals surface area contributed by atoms with Crippen molar-refractivity contribution in [2.24, 2.45) is 0 Å². The molecule has 0 aromatic heterocycles. The van der Waals surface area contributed by atoms with E-state index in [2.05, 4.69) is 42.4 Å². The van der Waals surface area contributed by atoms with Gasteiger partial charge in [0, 0.05) is 12.6 Å². The molecule has 1 N–H and O–H groups in total. The summed E-state index contributed by atoms with van der Waals surface area (Å²) in [5.41, 5.74) is 2.36. The lowest BCUT2D eigenvalue weighted by atomic mass is 10.0. The topological polar surface area (TPSA) is 24.5 Å². The smallest absolute Gasteiger partial charge is 0.142 e. The summed E-state index contributed by atoms with van der Waals surface area (Å²) in [5.74, 6) is 0.973. The highest BCUT2D eigenvalue weighted by molar-refractivity contribution is 5.57. The fraction of sp³-hybridized carbons (Fsp3) is 0.625. The Morgan fingerprint density at radius 1 is 1.37 bits per heavy atom. The summed E-state index contributed by atoms with van der Waals surface area (Å²) in [5, 5.41) is 3.56. The highest BCUT2D eigenvalue weighted by Gasteiger charge is 2.18. The van der Waals surface area contributed by atoms with Crippen molar-refractivity contribution in [2.45, 2.75) is 39.2 Å². The highest BCUT2D eigenvalue weighted by atomic mass is 16.5. The maximum Gasteiger partial charge on any atom is 0.142 e. The first-order valence-electron chi connectivity index (χ1n) is 7.38. The molecule has 0 bridgehead atoms. The van der Waals surface area contributed by atoms with Crippen LogP contribution in [0.25, 0.3) is 0 Å². The quantitative estimate of drug-likeness (QED) is 0.881. The van der Waals surface area contributed by atoms with Crippen LogP contribution in [0.15, 0.2) is 18.2 Å². The number of aryl methyl sites for hydroxylation is 1. The van der Waals surface area contributed by atoms with Crippen LogP contribution in [0.4, 0.5) is 5.69 Å². The largest absolute Gasteiger partial charge is 0.492 e. The molecule has 1 atom stereocenters. The van der Waals surface area contributed by atoms with Gasteiger partial charge in [-0.1, -0.05) is 12.5 Å². The predicted octanol–water partition coefficient (Wildman–Crippen LogP) is 3.29. The molecule has 3 heteroatoms. The van der Waals surface area contributed by atoms with Crippen LogP contribution >= 0.6 is 0 Å². The van der Waals surface area contributed by atoms with Gasteiger partial charge in [0.05, 0.1) is 12.3 Å². The Kier molecular flexibility index (Phi) is 5.08. The molecule has 1 fully saturated rings. The number of ether oxygens (including phenoxy) is 1. The minimum Gasteiger partial charge on any atom is -0.492 e. The number of benzene rings is 1. The molecule has 0 saturated carbocycles. The van der Waals surface area contributed by atoms with Crippen LogP contribution in [-0.4, -0.2) is 37.7 Å². The number of nitrogens with one attached hydrogen (secondary N) is 1. The number of likely N-dealkylation sites (tertiary alicyclic amines) is 1. The molecule has 1 aromatic carbocycles. The molecule has 1 aromatic rings. The fourth-order valence-electron chi connectivity index (χ4n) is 2.68. The second-order valence-corrected chi connectivity index (χ2v) is 5.44. The molecule has 1 unspecified atom stereocenters. The number of nitrogens with zero attached hydrogens (tertiary/aromatic N) is 1. The minimum atomic E-state index is 0.643. The Bertz CT molecular complexity index is 406. The van der Waals surface area contributed by atoms with Crippen LogP contribution in [-0.2, 0) is 0 Å². The molecule has 0 radical (unpaired) electrons. The van der Waals surface area contributed by atoms with E-state index < -0.39 is 0 Å². The molecule has 1 aliphatic heterocycles. The Labute approximate surface area is 116 Å². The summed E-state index contributed by atoms with van der Waals surface area (Å²) in [6.45, 7) is 7.06. The molecule has 0 aliphatic carbocycles. The molecule has 3 nitrogen and oxygen atoms in total. The molecule has 1 aliphatic rings. The zero-order valence-corrected chi connectivity index (χ0v) is 12.4. The van der Waals surface area contributed by atoms with Crippen molar-refractivity contribution in [3.63, 3.8) is 0 Å². The number of likely N-dealkylation sites (N-methyl/N-ethyl adjacent to an activating group) is 1. The minimum absolute atomic E-state index is 0.643. The zero-order chi connectivity index (χ0) is 13.7. The molecule has 1 heterocycles. The van der Waals surface area contributed by atoms with Crippen LogP contribution in [0.3, 0.4) is 0 Å². The number of hydrogen-bond acceptors (Lipinski definition) is 3. The van der Waals surface area contributed by atoms with E-state index in [1.165, 1.54) is 31.4 Å². The van der Waals surface area contributed by atoms with Crippen LogP contribution in [0.1, 0.15) is 31.7 Å². The highest BCUT2D eigenvalue weighted by Crippen LogP contribution is 2.26. The summed E-state index contributed by atoms with van der Waals surface area (Å²) in [7, 11) is 2.23. The van der Waals surface area contributed by atoms with Crippen molar-refractivity contribution in [1.82, 2.24) is 4.90 Å². The Balaban J connectivity index is 1.98. The first kappa shape index (κ1) is 14.2. The molecule has 0 amide bonds.